The maximum atomic E-state index is 12.9. The summed E-state index contributed by atoms with van der Waals surface area (Å²) in [7, 11) is 0. The van der Waals surface area contributed by atoms with E-state index in [2.05, 4.69) is 5.32 Å². The van der Waals surface area contributed by atoms with Crippen molar-refractivity contribution in [2.75, 3.05) is 0 Å². The van der Waals surface area contributed by atoms with E-state index in [1.165, 1.54) is 24.3 Å². The molecule has 4 nitrogen and oxygen atoms in total. The monoisotopic (exact) mass is 339 g/mol. The van der Waals surface area contributed by atoms with Crippen molar-refractivity contribution >= 4 is 18.0 Å². The summed E-state index contributed by atoms with van der Waals surface area (Å²) in [6, 6.07) is 14.8. The maximum Gasteiger partial charge on any atom is 0.331 e. The van der Waals surface area contributed by atoms with Gasteiger partial charge in [-0.2, -0.15) is 0 Å². The zero-order chi connectivity index (χ0) is 17.6. The molecule has 0 unspecified atom stereocenters. The van der Waals surface area contributed by atoms with Crippen LogP contribution < -0.4 is 5.32 Å². The number of benzene rings is 2. The highest BCUT2D eigenvalue weighted by molar-refractivity contribution is 5.91. The molecule has 0 saturated heterocycles. The Morgan fingerprint density at radius 3 is 2.40 bits per heavy atom. The minimum absolute atomic E-state index is 0.173. The maximum absolute atomic E-state index is 12.9. The molecule has 0 radical (unpaired) electrons. The van der Waals surface area contributed by atoms with E-state index >= 15 is 0 Å². The van der Waals surface area contributed by atoms with Gasteiger partial charge in [0.05, 0.1) is 0 Å². The Labute approximate surface area is 145 Å². The summed E-state index contributed by atoms with van der Waals surface area (Å²) in [6.45, 7) is 0. The van der Waals surface area contributed by atoms with Crippen LogP contribution in [-0.2, 0) is 14.3 Å². The van der Waals surface area contributed by atoms with Gasteiger partial charge in [0.25, 0.3) is 5.91 Å². The second kappa shape index (κ2) is 7.75. The summed E-state index contributed by atoms with van der Waals surface area (Å²) in [5.41, 5.74) is 1.28. The fourth-order valence-corrected chi connectivity index (χ4v) is 2.30. The normalized spacial score (nSPS) is 14.9. The van der Waals surface area contributed by atoms with Gasteiger partial charge in [0.2, 0.25) is 6.10 Å². The van der Waals surface area contributed by atoms with Gasteiger partial charge < -0.3 is 10.1 Å². The van der Waals surface area contributed by atoms with E-state index in [9.17, 15) is 14.0 Å². The molecule has 1 amide bonds. The first-order chi connectivity index (χ1) is 12.1. The molecule has 0 aromatic heterocycles. The second-order valence-corrected chi connectivity index (χ2v) is 5.90. The van der Waals surface area contributed by atoms with Crippen molar-refractivity contribution in [3.05, 3.63) is 77.6 Å². The van der Waals surface area contributed by atoms with Gasteiger partial charge in [0, 0.05) is 17.7 Å². The van der Waals surface area contributed by atoms with Gasteiger partial charge in [-0.05, 0) is 36.6 Å². The lowest BCUT2D eigenvalue weighted by molar-refractivity contribution is -0.151. The number of nitrogens with one attached hydrogen (secondary N) is 1. The van der Waals surface area contributed by atoms with Gasteiger partial charge in [-0.3, -0.25) is 4.79 Å². The largest absolute Gasteiger partial charge is 0.444 e. The molecule has 1 aliphatic rings. The highest BCUT2D eigenvalue weighted by atomic mass is 19.1. The van der Waals surface area contributed by atoms with Crippen LogP contribution >= 0.6 is 0 Å². The molecule has 2 aromatic rings. The number of halogens is 1. The van der Waals surface area contributed by atoms with Gasteiger partial charge in [0.1, 0.15) is 5.82 Å². The van der Waals surface area contributed by atoms with Gasteiger partial charge in [-0.15, -0.1) is 0 Å². The van der Waals surface area contributed by atoms with Crippen LogP contribution in [0.1, 0.15) is 30.1 Å². The summed E-state index contributed by atoms with van der Waals surface area (Å²) in [4.78, 5) is 24.5. The Morgan fingerprint density at radius 1 is 1.08 bits per heavy atom. The van der Waals surface area contributed by atoms with Crippen LogP contribution in [0.5, 0.6) is 0 Å². The van der Waals surface area contributed by atoms with E-state index < -0.39 is 12.1 Å². The van der Waals surface area contributed by atoms with Crippen LogP contribution in [-0.4, -0.2) is 17.9 Å². The van der Waals surface area contributed by atoms with E-state index in [1.54, 1.807) is 36.4 Å². The quantitative estimate of drug-likeness (QED) is 0.648. The zero-order valence-electron chi connectivity index (χ0n) is 13.5. The summed E-state index contributed by atoms with van der Waals surface area (Å²) < 4.78 is 18.2. The molecule has 1 aliphatic carbocycles. The zero-order valence-corrected chi connectivity index (χ0v) is 13.5. The Bertz CT molecular complexity index is 767. The van der Waals surface area contributed by atoms with E-state index in [-0.39, 0.29) is 17.8 Å². The Kier molecular flexibility index (Phi) is 5.23. The second-order valence-electron chi connectivity index (χ2n) is 5.90. The van der Waals surface area contributed by atoms with E-state index in [0.29, 0.717) is 11.1 Å². The predicted molar refractivity (Wildman–Crippen MR) is 91.9 cm³/mol. The van der Waals surface area contributed by atoms with Crippen LogP contribution in [0.25, 0.3) is 6.08 Å². The molecule has 1 atom stereocenters. The average Bonchev–Trinajstić information content (AvgIpc) is 3.44. The molecule has 3 rings (SSSR count). The SMILES string of the molecule is O=C(/C=C/c1ccc(F)cc1)O[C@H](C(=O)NC1CC1)c1ccccc1. The van der Waals surface area contributed by atoms with Crippen LogP contribution in [0.2, 0.25) is 0 Å². The molecule has 5 heteroatoms. The number of ether oxygens (including phenoxy) is 1. The van der Waals surface area contributed by atoms with Crippen LogP contribution in [0.15, 0.2) is 60.7 Å². The number of carbonyl (C=O) groups excluding carboxylic acids is 2. The van der Waals surface area contributed by atoms with Crippen molar-refractivity contribution in [3.63, 3.8) is 0 Å². The predicted octanol–water partition coefficient (Wildman–Crippen LogP) is 3.40. The van der Waals surface area contributed by atoms with Crippen molar-refractivity contribution < 1.29 is 18.7 Å². The molecule has 0 bridgehead atoms. The molecule has 1 saturated carbocycles. The summed E-state index contributed by atoms with van der Waals surface area (Å²) in [5, 5.41) is 2.86. The molecule has 1 fully saturated rings. The molecule has 25 heavy (non-hydrogen) atoms. The Balaban J connectivity index is 1.69. The van der Waals surface area contributed by atoms with Crippen molar-refractivity contribution in [2.24, 2.45) is 0 Å². The van der Waals surface area contributed by atoms with E-state index in [4.69, 9.17) is 4.74 Å². The van der Waals surface area contributed by atoms with Gasteiger partial charge >= 0.3 is 5.97 Å². The summed E-state index contributed by atoms with van der Waals surface area (Å²) in [5.74, 6) is -1.30. The minimum Gasteiger partial charge on any atom is -0.444 e. The Morgan fingerprint density at radius 2 is 1.76 bits per heavy atom. The third kappa shape index (κ3) is 5.01. The third-order valence-electron chi connectivity index (χ3n) is 3.78. The topological polar surface area (TPSA) is 55.4 Å². The molecule has 0 heterocycles. The summed E-state index contributed by atoms with van der Waals surface area (Å²) >= 11 is 0. The van der Waals surface area contributed by atoms with Gasteiger partial charge in [0.15, 0.2) is 0 Å². The third-order valence-corrected chi connectivity index (χ3v) is 3.78. The fourth-order valence-electron chi connectivity index (χ4n) is 2.30. The summed E-state index contributed by atoms with van der Waals surface area (Å²) in [6.07, 6.45) is 3.65. The fraction of sp³-hybridized carbons (Fsp3) is 0.200. The standard InChI is InChI=1S/C20H18FNO3/c21-16-9-6-14(7-10-16)8-13-18(23)25-19(15-4-2-1-3-5-15)20(24)22-17-11-12-17/h1-10,13,17,19H,11-12H2,(H,22,24)/b13-8+/t19-/m0/s1. The number of hydrogen-bond donors (Lipinski definition) is 1. The molecule has 1 N–H and O–H groups in total. The minimum atomic E-state index is -0.993. The number of hydrogen-bond acceptors (Lipinski definition) is 3. The van der Waals surface area contributed by atoms with E-state index in [0.717, 1.165) is 12.8 Å². The van der Waals surface area contributed by atoms with Gasteiger partial charge in [-0.25, -0.2) is 9.18 Å². The van der Waals surface area contributed by atoms with Crippen LogP contribution in [0.3, 0.4) is 0 Å². The highest BCUT2D eigenvalue weighted by Gasteiger charge is 2.30. The lowest BCUT2D eigenvalue weighted by Gasteiger charge is -2.17. The van der Waals surface area contributed by atoms with Gasteiger partial charge in [-0.1, -0.05) is 42.5 Å². The molecule has 128 valence electrons. The van der Waals surface area contributed by atoms with Crippen LogP contribution in [0, 0.1) is 5.82 Å². The molecule has 0 spiro atoms. The smallest absolute Gasteiger partial charge is 0.331 e. The lowest BCUT2D eigenvalue weighted by atomic mass is 10.1. The highest BCUT2D eigenvalue weighted by Crippen LogP contribution is 2.23. The number of amides is 1. The first kappa shape index (κ1) is 16.9. The van der Waals surface area contributed by atoms with Crippen molar-refractivity contribution in [3.8, 4) is 0 Å². The Hall–Kier alpha value is -2.95. The average molecular weight is 339 g/mol. The van der Waals surface area contributed by atoms with E-state index in [1.807, 2.05) is 6.07 Å². The molecular formula is C20H18FNO3. The molecule has 0 aliphatic heterocycles. The number of esters is 1. The van der Waals surface area contributed by atoms with Crippen LogP contribution in [0.4, 0.5) is 4.39 Å². The van der Waals surface area contributed by atoms with Crippen molar-refractivity contribution in [1.29, 1.82) is 0 Å². The number of rotatable bonds is 6. The lowest BCUT2D eigenvalue weighted by Crippen LogP contribution is -2.33. The van der Waals surface area contributed by atoms with Crippen molar-refractivity contribution in [1.82, 2.24) is 5.32 Å². The molecule has 2 aromatic carbocycles. The first-order valence-electron chi connectivity index (χ1n) is 8.11. The molecular weight excluding hydrogens is 321 g/mol. The first-order valence-corrected chi connectivity index (χ1v) is 8.11. The number of carbonyl (C=O) groups is 2. The van der Waals surface area contributed by atoms with Crippen molar-refractivity contribution in [2.45, 2.75) is 25.0 Å².